The zero-order valence-corrected chi connectivity index (χ0v) is 20.2. The maximum Gasteiger partial charge on any atom is 0.234 e. The van der Waals surface area contributed by atoms with Gasteiger partial charge in [-0.3, -0.25) is 19.7 Å². The lowest BCUT2D eigenvalue weighted by molar-refractivity contribution is -0.125. The highest BCUT2D eigenvalue weighted by molar-refractivity contribution is 8.00. The van der Waals surface area contributed by atoms with Crippen LogP contribution in [0.4, 0.5) is 5.69 Å². The minimum absolute atomic E-state index is 0.0926. The first kappa shape index (κ1) is 24.8. The third-order valence-electron chi connectivity index (χ3n) is 5.44. The van der Waals surface area contributed by atoms with Crippen LogP contribution in [0.25, 0.3) is 0 Å². The lowest BCUT2D eigenvalue weighted by Crippen LogP contribution is -2.56. The van der Waals surface area contributed by atoms with Crippen molar-refractivity contribution in [3.8, 4) is 0 Å². The Labute approximate surface area is 199 Å². The maximum absolute atomic E-state index is 12.5. The summed E-state index contributed by atoms with van der Waals surface area (Å²) in [6, 6.07) is 13.8. The summed E-state index contributed by atoms with van der Waals surface area (Å²) in [5.74, 6) is -0.170. The van der Waals surface area contributed by atoms with E-state index in [1.807, 2.05) is 63.2 Å². The number of hydrogen-bond donors (Lipinski definition) is 4. The Balaban J connectivity index is 1.43. The number of carbonyl (C=O) groups excluding carboxylic acids is 3. The fraction of sp³-hybridized carbons (Fsp3) is 0.400. The molecule has 2 aromatic rings. The van der Waals surface area contributed by atoms with E-state index in [0.29, 0.717) is 6.54 Å². The molecule has 7 nitrogen and oxygen atoms in total. The number of benzene rings is 2. The molecule has 0 saturated carbocycles. The second-order valence-electron chi connectivity index (χ2n) is 8.44. The summed E-state index contributed by atoms with van der Waals surface area (Å²) in [5.41, 5.74) is 4.78. The van der Waals surface area contributed by atoms with Crippen molar-refractivity contribution in [3.05, 3.63) is 64.7 Å². The van der Waals surface area contributed by atoms with E-state index in [0.717, 1.165) is 28.8 Å². The summed E-state index contributed by atoms with van der Waals surface area (Å²) in [6.07, 6.45) is 1.21. The third-order valence-corrected chi connectivity index (χ3v) is 6.46. The molecule has 4 N–H and O–H groups in total. The molecule has 8 heteroatoms. The molecular weight excluding hydrogens is 436 g/mol. The Morgan fingerprint density at radius 3 is 2.45 bits per heavy atom. The van der Waals surface area contributed by atoms with Gasteiger partial charge >= 0.3 is 0 Å². The highest BCUT2D eigenvalue weighted by atomic mass is 32.2. The summed E-state index contributed by atoms with van der Waals surface area (Å²) >= 11 is 1.30. The van der Waals surface area contributed by atoms with Crippen LogP contribution in [-0.4, -0.2) is 41.6 Å². The predicted molar refractivity (Wildman–Crippen MR) is 133 cm³/mol. The summed E-state index contributed by atoms with van der Waals surface area (Å²) in [5, 5.41) is 12.0. The average Bonchev–Trinajstić information content (AvgIpc) is 2.75. The lowest BCUT2D eigenvalue weighted by Gasteiger charge is -2.30. The van der Waals surface area contributed by atoms with Crippen LogP contribution < -0.4 is 21.3 Å². The Morgan fingerprint density at radius 1 is 1.06 bits per heavy atom. The topological polar surface area (TPSA) is 99.3 Å². The molecule has 33 heavy (non-hydrogen) atoms. The van der Waals surface area contributed by atoms with Crippen LogP contribution in [0.1, 0.15) is 35.1 Å². The average molecular weight is 469 g/mol. The molecule has 0 aromatic heterocycles. The van der Waals surface area contributed by atoms with Gasteiger partial charge in [-0.15, -0.1) is 11.8 Å². The van der Waals surface area contributed by atoms with Gasteiger partial charge in [-0.05, 0) is 43.9 Å². The molecule has 0 aliphatic carbocycles. The van der Waals surface area contributed by atoms with Crippen LogP contribution in [0.2, 0.25) is 0 Å². The van der Waals surface area contributed by atoms with Gasteiger partial charge in [0.2, 0.25) is 17.7 Å². The quantitative estimate of drug-likeness (QED) is 0.454. The van der Waals surface area contributed by atoms with Gasteiger partial charge in [0.25, 0.3) is 0 Å². The van der Waals surface area contributed by atoms with Gasteiger partial charge in [0, 0.05) is 31.1 Å². The van der Waals surface area contributed by atoms with Gasteiger partial charge in [0.1, 0.15) is 5.50 Å². The normalized spacial score (nSPS) is 17.8. The van der Waals surface area contributed by atoms with E-state index in [2.05, 4.69) is 21.3 Å². The molecule has 2 aromatic carbocycles. The van der Waals surface area contributed by atoms with Crippen molar-refractivity contribution in [3.63, 3.8) is 0 Å². The van der Waals surface area contributed by atoms with Crippen molar-refractivity contribution in [2.24, 2.45) is 0 Å². The maximum atomic E-state index is 12.5. The number of thioether (sulfide) groups is 1. The molecule has 2 unspecified atom stereocenters. The SMILES string of the molecule is Cc1cc(C)c(NC(=O)CSC2NC(=O)CC(CC(=O)NCCc3ccccc3)N2)c(C)c1. The number of aryl methyl sites for hydroxylation is 3. The van der Waals surface area contributed by atoms with E-state index in [9.17, 15) is 14.4 Å². The van der Waals surface area contributed by atoms with E-state index >= 15 is 0 Å². The first-order chi connectivity index (χ1) is 15.8. The molecule has 2 atom stereocenters. The number of nitrogens with one attached hydrogen (secondary N) is 4. The molecule has 0 spiro atoms. The highest BCUT2D eigenvalue weighted by Crippen LogP contribution is 2.22. The molecule has 0 bridgehead atoms. The number of amides is 3. The van der Waals surface area contributed by atoms with Gasteiger partial charge in [-0.1, -0.05) is 48.0 Å². The first-order valence-electron chi connectivity index (χ1n) is 11.2. The molecule has 176 valence electrons. The molecule has 1 fully saturated rings. The van der Waals surface area contributed by atoms with Crippen LogP contribution >= 0.6 is 11.8 Å². The van der Waals surface area contributed by atoms with E-state index in [1.54, 1.807) is 0 Å². The molecule has 0 radical (unpaired) electrons. The Kier molecular flexibility index (Phi) is 8.91. The fourth-order valence-electron chi connectivity index (χ4n) is 3.96. The highest BCUT2D eigenvalue weighted by Gasteiger charge is 2.28. The van der Waals surface area contributed by atoms with E-state index in [1.165, 1.54) is 17.3 Å². The zero-order valence-electron chi connectivity index (χ0n) is 19.4. The van der Waals surface area contributed by atoms with Crippen LogP contribution in [0.15, 0.2) is 42.5 Å². The van der Waals surface area contributed by atoms with Crippen LogP contribution in [-0.2, 0) is 20.8 Å². The molecule has 1 saturated heterocycles. The molecular formula is C25H32N4O3S. The fourth-order valence-corrected chi connectivity index (χ4v) is 4.86. The first-order valence-corrected chi connectivity index (χ1v) is 12.2. The summed E-state index contributed by atoms with van der Waals surface area (Å²) in [7, 11) is 0. The molecule has 3 rings (SSSR count). The second-order valence-corrected chi connectivity index (χ2v) is 9.53. The van der Waals surface area contributed by atoms with E-state index in [4.69, 9.17) is 0 Å². The molecule has 1 aliphatic heterocycles. The van der Waals surface area contributed by atoms with Crippen molar-refractivity contribution in [1.29, 1.82) is 0 Å². The number of hydrogen-bond acceptors (Lipinski definition) is 5. The van der Waals surface area contributed by atoms with Crippen molar-refractivity contribution >= 4 is 35.2 Å². The number of carbonyl (C=O) groups is 3. The minimum atomic E-state index is -0.417. The predicted octanol–water partition coefficient (Wildman–Crippen LogP) is 2.79. The monoisotopic (exact) mass is 468 g/mol. The van der Waals surface area contributed by atoms with E-state index in [-0.39, 0.29) is 42.4 Å². The Hall–Kier alpha value is -2.84. The number of anilines is 1. The third kappa shape index (κ3) is 7.91. The van der Waals surface area contributed by atoms with Crippen molar-refractivity contribution in [2.45, 2.75) is 51.6 Å². The summed E-state index contributed by atoms with van der Waals surface area (Å²) in [4.78, 5) is 36.9. The zero-order chi connectivity index (χ0) is 23.8. The van der Waals surface area contributed by atoms with Gasteiger partial charge in [-0.25, -0.2) is 0 Å². The molecule has 1 aliphatic rings. The van der Waals surface area contributed by atoms with Crippen molar-refractivity contribution < 1.29 is 14.4 Å². The van der Waals surface area contributed by atoms with Crippen LogP contribution in [0.3, 0.4) is 0 Å². The molecule has 3 amide bonds. The summed E-state index contributed by atoms with van der Waals surface area (Å²) < 4.78 is 0. The largest absolute Gasteiger partial charge is 0.356 e. The van der Waals surface area contributed by atoms with Crippen LogP contribution in [0.5, 0.6) is 0 Å². The second kappa shape index (κ2) is 11.9. The van der Waals surface area contributed by atoms with Crippen molar-refractivity contribution in [2.75, 3.05) is 17.6 Å². The summed E-state index contributed by atoms with van der Waals surface area (Å²) in [6.45, 7) is 6.53. The van der Waals surface area contributed by atoms with Gasteiger partial charge in [0.05, 0.1) is 5.75 Å². The standard InChI is InChI=1S/C25H32N4O3S/c1-16-11-17(2)24(18(3)12-16)28-23(32)15-33-25-27-20(14-22(31)29-25)13-21(30)26-10-9-19-7-5-4-6-8-19/h4-8,11-12,20,25,27H,9-10,13-15H2,1-3H3,(H,26,30)(H,28,32)(H,29,31). The van der Waals surface area contributed by atoms with Gasteiger partial charge < -0.3 is 16.0 Å². The van der Waals surface area contributed by atoms with Gasteiger partial charge in [0.15, 0.2) is 0 Å². The number of rotatable bonds is 9. The minimum Gasteiger partial charge on any atom is -0.356 e. The molecule has 1 heterocycles. The lowest BCUT2D eigenvalue weighted by atomic mass is 10.1. The van der Waals surface area contributed by atoms with Crippen molar-refractivity contribution in [1.82, 2.24) is 16.0 Å². The Bertz CT molecular complexity index is 973. The smallest absolute Gasteiger partial charge is 0.234 e. The van der Waals surface area contributed by atoms with E-state index < -0.39 is 5.50 Å². The van der Waals surface area contributed by atoms with Gasteiger partial charge in [-0.2, -0.15) is 0 Å². The van der Waals surface area contributed by atoms with Crippen LogP contribution in [0, 0.1) is 20.8 Å². The Morgan fingerprint density at radius 2 is 1.76 bits per heavy atom.